The predicted octanol–water partition coefficient (Wildman–Crippen LogP) is -0.531. The second-order valence-electron chi connectivity index (χ2n) is 1.07. The fourth-order valence-electron chi connectivity index (χ4n) is 0.149. The first-order valence-corrected chi connectivity index (χ1v) is 3.32. The summed E-state index contributed by atoms with van der Waals surface area (Å²) in [6.07, 6.45) is 0. The van der Waals surface area contributed by atoms with E-state index in [1.165, 1.54) is 0 Å². The molecule has 8 heavy (non-hydrogen) atoms. The lowest BCUT2D eigenvalue weighted by atomic mass is 10.8. The van der Waals surface area contributed by atoms with Gasteiger partial charge in [-0.1, -0.05) is 7.43 Å². The molecule has 0 saturated carbocycles. The Bertz CT molecular complexity index is 127. The van der Waals surface area contributed by atoms with E-state index in [9.17, 15) is 8.42 Å². The summed E-state index contributed by atoms with van der Waals surface area (Å²) >= 11 is 0. The Balaban J connectivity index is 0. The molecule has 0 atom stereocenters. The molecule has 0 spiro atoms. The average Bonchev–Trinajstić information content (AvgIpc) is 1.30. The third kappa shape index (κ3) is 9.30. The Hall–Kier alpha value is -0.130. The molecule has 52 valence electrons. The number of hydrogen-bond acceptors (Lipinski definition) is 3. The Kier molecular flexibility index (Phi) is 5.15. The molecule has 0 radical (unpaired) electrons. The van der Waals surface area contributed by atoms with Crippen LogP contribution in [0.25, 0.3) is 0 Å². The summed E-state index contributed by atoms with van der Waals surface area (Å²) in [6.45, 7) is -0.0289. The molecular weight excluding hydrogens is 130 g/mol. The third-order valence-electron chi connectivity index (χ3n) is 0.376. The quantitative estimate of drug-likeness (QED) is 0.506. The summed E-state index contributed by atoms with van der Waals surface area (Å²) in [5.41, 5.74) is 4.78. The molecule has 0 saturated heterocycles. The van der Waals surface area contributed by atoms with Gasteiger partial charge in [0, 0.05) is 6.54 Å². The molecule has 0 fully saturated rings. The lowest BCUT2D eigenvalue weighted by molar-refractivity contribution is 0.483. The van der Waals surface area contributed by atoms with Crippen molar-refractivity contribution in [3.63, 3.8) is 0 Å². The van der Waals surface area contributed by atoms with Gasteiger partial charge in [-0.3, -0.25) is 4.55 Å². The molecule has 3 N–H and O–H groups in total. The summed E-state index contributed by atoms with van der Waals surface area (Å²) < 4.78 is 27.3. The average molecular weight is 141 g/mol. The normalized spacial score (nSPS) is 10.2. The van der Waals surface area contributed by atoms with Crippen molar-refractivity contribution in [1.29, 1.82) is 0 Å². The van der Waals surface area contributed by atoms with Crippen molar-refractivity contribution in [3.8, 4) is 0 Å². The van der Waals surface area contributed by atoms with Crippen LogP contribution in [0.4, 0.5) is 0 Å². The molecule has 4 nitrogen and oxygen atoms in total. The molecule has 0 aromatic heterocycles. The Morgan fingerprint density at radius 1 is 1.50 bits per heavy atom. The number of rotatable bonds is 2. The van der Waals surface area contributed by atoms with Crippen LogP contribution in [0.1, 0.15) is 7.43 Å². The summed E-state index contributed by atoms with van der Waals surface area (Å²) in [5.74, 6) is -0.354. The molecule has 0 aliphatic carbocycles. The second kappa shape index (κ2) is 3.82. The zero-order valence-electron chi connectivity index (χ0n) is 3.66. The van der Waals surface area contributed by atoms with Crippen LogP contribution >= 0.6 is 0 Å². The summed E-state index contributed by atoms with van der Waals surface area (Å²) in [6, 6.07) is 0. The van der Waals surface area contributed by atoms with Crippen molar-refractivity contribution in [3.05, 3.63) is 0 Å². The highest BCUT2D eigenvalue weighted by Crippen LogP contribution is 1.74. The van der Waals surface area contributed by atoms with E-state index >= 15 is 0 Å². The van der Waals surface area contributed by atoms with Gasteiger partial charge in [-0.05, 0) is 0 Å². The van der Waals surface area contributed by atoms with E-state index < -0.39 is 10.1 Å². The monoisotopic (exact) mass is 141 g/mol. The lowest BCUT2D eigenvalue weighted by Crippen LogP contribution is -2.13. The van der Waals surface area contributed by atoms with E-state index in [0.29, 0.717) is 0 Å². The topological polar surface area (TPSA) is 80.4 Å². The van der Waals surface area contributed by atoms with Crippen molar-refractivity contribution in [2.45, 2.75) is 7.43 Å². The van der Waals surface area contributed by atoms with Gasteiger partial charge in [-0.25, -0.2) is 0 Å². The van der Waals surface area contributed by atoms with E-state index in [2.05, 4.69) is 0 Å². The zero-order valence-corrected chi connectivity index (χ0v) is 4.48. The largest absolute Gasteiger partial charge is 0.329 e. The fraction of sp³-hybridized carbons (Fsp3) is 1.00. The second-order valence-corrected chi connectivity index (χ2v) is 2.65. The molecule has 0 heterocycles. The third-order valence-corrected chi connectivity index (χ3v) is 1.13. The standard InChI is InChI=1S/C2H7NO3S.CH4/c3-1-2-7(4,5)6;/h1-3H2,(H,4,5,6);1H4. The smallest absolute Gasteiger partial charge is 0.266 e. The van der Waals surface area contributed by atoms with Crippen LogP contribution in [0.3, 0.4) is 0 Å². The molecule has 5 heteroatoms. The maximum atomic E-state index is 9.71. The van der Waals surface area contributed by atoms with Crippen LogP contribution in [-0.2, 0) is 10.1 Å². The minimum atomic E-state index is -3.80. The Morgan fingerprint density at radius 3 is 1.88 bits per heavy atom. The fourth-order valence-corrected chi connectivity index (χ4v) is 0.447. The van der Waals surface area contributed by atoms with Crippen LogP contribution in [-0.4, -0.2) is 25.3 Å². The van der Waals surface area contributed by atoms with Crippen LogP contribution in [0, 0.1) is 0 Å². The molecular formula is C3H11NO3S. The van der Waals surface area contributed by atoms with Crippen molar-refractivity contribution in [2.75, 3.05) is 12.3 Å². The molecule has 0 rings (SSSR count). The van der Waals surface area contributed by atoms with E-state index in [4.69, 9.17) is 10.3 Å². The van der Waals surface area contributed by atoms with Crippen molar-refractivity contribution in [2.24, 2.45) is 5.73 Å². The van der Waals surface area contributed by atoms with Gasteiger partial charge in [0.25, 0.3) is 10.1 Å². The summed E-state index contributed by atoms with van der Waals surface area (Å²) in [4.78, 5) is 0. The van der Waals surface area contributed by atoms with E-state index in [1.807, 2.05) is 0 Å². The van der Waals surface area contributed by atoms with Crippen LogP contribution < -0.4 is 5.73 Å². The molecule has 0 amide bonds. The van der Waals surface area contributed by atoms with Crippen molar-refractivity contribution < 1.29 is 13.0 Å². The number of hydrogen-bond donors (Lipinski definition) is 2. The highest BCUT2D eigenvalue weighted by atomic mass is 32.2. The molecule has 0 aromatic carbocycles. The highest BCUT2D eigenvalue weighted by molar-refractivity contribution is 7.85. The summed E-state index contributed by atoms with van der Waals surface area (Å²) in [5, 5.41) is 0. The van der Waals surface area contributed by atoms with E-state index in [-0.39, 0.29) is 19.7 Å². The van der Waals surface area contributed by atoms with Crippen molar-refractivity contribution >= 4 is 10.1 Å². The first kappa shape index (κ1) is 10.8. The number of nitrogens with two attached hydrogens (primary N) is 1. The maximum Gasteiger partial charge on any atom is 0.266 e. The minimum Gasteiger partial charge on any atom is -0.329 e. The molecule has 0 bridgehead atoms. The molecule has 0 aliphatic heterocycles. The van der Waals surface area contributed by atoms with Gasteiger partial charge in [0.05, 0.1) is 5.75 Å². The van der Waals surface area contributed by atoms with Crippen LogP contribution in [0.5, 0.6) is 0 Å². The SMILES string of the molecule is C.NCCS(=O)(=O)O. The zero-order chi connectivity index (χ0) is 5.91. The van der Waals surface area contributed by atoms with Gasteiger partial charge >= 0.3 is 0 Å². The lowest BCUT2D eigenvalue weighted by Gasteiger charge is -1.86. The van der Waals surface area contributed by atoms with Crippen LogP contribution in [0.2, 0.25) is 0 Å². The van der Waals surface area contributed by atoms with E-state index in [0.717, 1.165) is 0 Å². The first-order valence-electron chi connectivity index (χ1n) is 1.71. The highest BCUT2D eigenvalue weighted by Gasteiger charge is 1.98. The Morgan fingerprint density at radius 2 is 1.88 bits per heavy atom. The predicted molar refractivity (Wildman–Crippen MR) is 32.2 cm³/mol. The van der Waals surface area contributed by atoms with Gasteiger partial charge in [0.1, 0.15) is 0 Å². The molecule has 0 aromatic rings. The molecule has 0 aliphatic rings. The van der Waals surface area contributed by atoms with Crippen molar-refractivity contribution in [1.82, 2.24) is 0 Å². The minimum absolute atomic E-state index is 0. The van der Waals surface area contributed by atoms with Gasteiger partial charge < -0.3 is 5.73 Å². The van der Waals surface area contributed by atoms with Crippen LogP contribution in [0.15, 0.2) is 0 Å². The van der Waals surface area contributed by atoms with Gasteiger partial charge in [0.2, 0.25) is 0 Å². The maximum absolute atomic E-state index is 9.71. The molecule has 0 unspecified atom stereocenters. The van der Waals surface area contributed by atoms with Gasteiger partial charge in [-0.2, -0.15) is 8.42 Å². The van der Waals surface area contributed by atoms with Gasteiger partial charge in [-0.15, -0.1) is 0 Å². The Labute approximate surface area is 49.4 Å². The summed E-state index contributed by atoms with van der Waals surface area (Å²) in [7, 11) is -3.80. The van der Waals surface area contributed by atoms with Gasteiger partial charge in [0.15, 0.2) is 0 Å². The first-order chi connectivity index (χ1) is 3.06. The van der Waals surface area contributed by atoms with E-state index in [1.54, 1.807) is 0 Å².